The summed E-state index contributed by atoms with van der Waals surface area (Å²) in [6, 6.07) is 22.1. The highest BCUT2D eigenvalue weighted by molar-refractivity contribution is 6.08. The first-order valence-corrected chi connectivity index (χ1v) is 10.3. The molecule has 0 unspecified atom stereocenters. The van der Waals surface area contributed by atoms with Gasteiger partial charge >= 0.3 is 0 Å². The van der Waals surface area contributed by atoms with Crippen molar-refractivity contribution in [2.45, 2.75) is 13.5 Å². The van der Waals surface area contributed by atoms with Crippen LogP contribution in [0.25, 0.3) is 6.08 Å². The van der Waals surface area contributed by atoms with Crippen molar-refractivity contribution in [3.8, 4) is 17.2 Å². The summed E-state index contributed by atoms with van der Waals surface area (Å²) in [5.41, 5.74) is 2.39. The Morgan fingerprint density at radius 1 is 0.879 bits per heavy atom. The van der Waals surface area contributed by atoms with Crippen LogP contribution in [0.5, 0.6) is 17.2 Å². The Bertz CT molecular complexity index is 1130. The maximum absolute atomic E-state index is 12.8. The first-order valence-electron chi connectivity index (χ1n) is 10.3. The molecule has 3 aromatic rings. The van der Waals surface area contributed by atoms with Gasteiger partial charge in [0, 0.05) is 12.6 Å². The van der Waals surface area contributed by atoms with Crippen LogP contribution in [0.3, 0.4) is 0 Å². The number of amides is 2. The Morgan fingerprint density at radius 3 is 2.21 bits per heavy atom. The molecule has 3 aromatic carbocycles. The van der Waals surface area contributed by atoms with E-state index >= 15 is 0 Å². The SMILES string of the molecule is COc1ccc(/C=C(\NC(C)=O)C(=O)Nc2ccc(OCc3ccccc3)cc2)cc1OC. The van der Waals surface area contributed by atoms with Gasteiger partial charge in [0.2, 0.25) is 5.91 Å². The van der Waals surface area contributed by atoms with Crippen molar-refractivity contribution in [1.82, 2.24) is 5.32 Å². The van der Waals surface area contributed by atoms with Gasteiger partial charge < -0.3 is 24.8 Å². The van der Waals surface area contributed by atoms with Crippen LogP contribution in [0, 0.1) is 0 Å². The normalized spacial score (nSPS) is 10.8. The molecule has 2 N–H and O–H groups in total. The number of ether oxygens (including phenoxy) is 3. The van der Waals surface area contributed by atoms with Gasteiger partial charge in [-0.3, -0.25) is 9.59 Å². The molecule has 2 amide bonds. The Labute approximate surface area is 193 Å². The first kappa shape index (κ1) is 23.4. The van der Waals surface area contributed by atoms with Crippen molar-refractivity contribution in [3.05, 3.63) is 89.6 Å². The lowest BCUT2D eigenvalue weighted by Crippen LogP contribution is -2.28. The zero-order valence-corrected chi connectivity index (χ0v) is 18.8. The van der Waals surface area contributed by atoms with Crippen LogP contribution < -0.4 is 24.8 Å². The molecule has 170 valence electrons. The number of rotatable bonds is 9. The Hall–Kier alpha value is -4.26. The molecule has 0 aliphatic heterocycles. The van der Waals surface area contributed by atoms with Gasteiger partial charge in [-0.1, -0.05) is 36.4 Å². The summed E-state index contributed by atoms with van der Waals surface area (Å²) < 4.78 is 16.3. The second-order valence-corrected chi connectivity index (χ2v) is 7.11. The third-order valence-electron chi connectivity index (χ3n) is 4.63. The van der Waals surface area contributed by atoms with E-state index in [-0.39, 0.29) is 11.6 Å². The van der Waals surface area contributed by atoms with Gasteiger partial charge in [-0.05, 0) is 53.6 Å². The third kappa shape index (κ3) is 6.87. The summed E-state index contributed by atoms with van der Waals surface area (Å²) in [4.78, 5) is 24.5. The standard InChI is InChI=1S/C26H26N2O5/c1-18(29)27-23(15-20-9-14-24(31-2)25(16-20)32-3)26(30)28-21-10-12-22(13-11-21)33-17-19-7-5-4-6-8-19/h4-16H,17H2,1-3H3,(H,27,29)(H,28,30)/b23-15-. The van der Waals surface area contributed by atoms with Crippen LogP contribution in [-0.2, 0) is 16.2 Å². The molecular formula is C26H26N2O5. The number of carbonyl (C=O) groups excluding carboxylic acids is 2. The maximum Gasteiger partial charge on any atom is 0.272 e. The number of nitrogens with one attached hydrogen (secondary N) is 2. The van der Waals surface area contributed by atoms with Crippen molar-refractivity contribution >= 4 is 23.6 Å². The molecule has 0 atom stereocenters. The molecule has 0 fully saturated rings. The van der Waals surface area contributed by atoms with Gasteiger partial charge in [0.1, 0.15) is 18.1 Å². The molecule has 7 nitrogen and oxygen atoms in total. The lowest BCUT2D eigenvalue weighted by atomic mass is 10.1. The van der Waals surface area contributed by atoms with E-state index in [2.05, 4.69) is 10.6 Å². The molecule has 0 spiro atoms. The van der Waals surface area contributed by atoms with Gasteiger partial charge in [0.05, 0.1) is 14.2 Å². The summed E-state index contributed by atoms with van der Waals surface area (Å²) in [7, 11) is 3.07. The summed E-state index contributed by atoms with van der Waals surface area (Å²) in [6.45, 7) is 1.79. The smallest absolute Gasteiger partial charge is 0.272 e. The minimum absolute atomic E-state index is 0.0964. The molecule has 0 bridgehead atoms. The Kier molecular flexibility index (Phi) is 8.07. The van der Waals surface area contributed by atoms with Crippen molar-refractivity contribution in [1.29, 1.82) is 0 Å². The molecule has 7 heteroatoms. The average molecular weight is 447 g/mol. The number of methoxy groups -OCH3 is 2. The van der Waals surface area contributed by atoms with E-state index < -0.39 is 5.91 Å². The number of hydrogen-bond acceptors (Lipinski definition) is 5. The number of hydrogen-bond donors (Lipinski definition) is 2. The quantitative estimate of drug-likeness (QED) is 0.476. The zero-order chi connectivity index (χ0) is 23.6. The van der Waals surface area contributed by atoms with Gasteiger partial charge in [-0.25, -0.2) is 0 Å². The van der Waals surface area contributed by atoms with Gasteiger partial charge in [0.25, 0.3) is 5.91 Å². The van der Waals surface area contributed by atoms with Crippen molar-refractivity contribution in [2.75, 3.05) is 19.5 Å². The molecular weight excluding hydrogens is 420 g/mol. The summed E-state index contributed by atoms with van der Waals surface area (Å²) >= 11 is 0. The highest BCUT2D eigenvalue weighted by Crippen LogP contribution is 2.28. The minimum atomic E-state index is -0.460. The molecule has 3 rings (SSSR count). The fourth-order valence-corrected chi connectivity index (χ4v) is 3.03. The number of carbonyl (C=O) groups is 2. The van der Waals surface area contributed by atoms with Crippen LogP contribution in [0.4, 0.5) is 5.69 Å². The molecule has 0 aromatic heterocycles. The maximum atomic E-state index is 12.8. The molecule has 0 saturated carbocycles. The van der Waals surface area contributed by atoms with E-state index in [1.165, 1.54) is 14.0 Å². The van der Waals surface area contributed by atoms with Crippen LogP contribution in [0.1, 0.15) is 18.1 Å². The second kappa shape index (κ2) is 11.4. The van der Waals surface area contributed by atoms with E-state index in [4.69, 9.17) is 14.2 Å². The molecule has 0 saturated heterocycles. The summed E-state index contributed by atoms with van der Waals surface area (Å²) in [5.74, 6) is 0.939. The van der Waals surface area contributed by atoms with Gasteiger partial charge in [0.15, 0.2) is 11.5 Å². The topological polar surface area (TPSA) is 85.9 Å². The summed E-state index contributed by atoms with van der Waals surface area (Å²) in [6.07, 6.45) is 1.57. The predicted molar refractivity (Wildman–Crippen MR) is 127 cm³/mol. The van der Waals surface area contributed by atoms with Crippen molar-refractivity contribution < 1.29 is 23.8 Å². The van der Waals surface area contributed by atoms with Gasteiger partial charge in [-0.15, -0.1) is 0 Å². The van der Waals surface area contributed by atoms with E-state index in [9.17, 15) is 9.59 Å². The molecule has 0 radical (unpaired) electrons. The molecule has 0 aliphatic carbocycles. The third-order valence-corrected chi connectivity index (χ3v) is 4.63. The fraction of sp³-hybridized carbons (Fsp3) is 0.154. The lowest BCUT2D eigenvalue weighted by Gasteiger charge is -2.12. The van der Waals surface area contributed by atoms with Gasteiger partial charge in [-0.2, -0.15) is 0 Å². The molecule has 0 aliphatic rings. The number of anilines is 1. The Morgan fingerprint density at radius 2 is 1.58 bits per heavy atom. The van der Waals surface area contributed by atoms with E-state index in [1.807, 2.05) is 30.3 Å². The van der Waals surface area contributed by atoms with Crippen LogP contribution in [0.15, 0.2) is 78.5 Å². The van der Waals surface area contributed by atoms with E-state index in [1.54, 1.807) is 55.7 Å². The van der Waals surface area contributed by atoms with Crippen LogP contribution >= 0.6 is 0 Å². The fourth-order valence-electron chi connectivity index (χ4n) is 3.03. The van der Waals surface area contributed by atoms with Crippen LogP contribution in [-0.4, -0.2) is 26.0 Å². The Balaban J connectivity index is 1.71. The zero-order valence-electron chi connectivity index (χ0n) is 18.8. The first-order chi connectivity index (χ1) is 16.0. The monoisotopic (exact) mass is 446 g/mol. The lowest BCUT2D eigenvalue weighted by molar-refractivity contribution is -0.120. The molecule has 0 heterocycles. The van der Waals surface area contributed by atoms with E-state index in [0.29, 0.717) is 35.1 Å². The van der Waals surface area contributed by atoms with E-state index in [0.717, 1.165) is 5.56 Å². The average Bonchev–Trinajstić information content (AvgIpc) is 2.83. The minimum Gasteiger partial charge on any atom is -0.493 e. The van der Waals surface area contributed by atoms with Crippen LogP contribution in [0.2, 0.25) is 0 Å². The van der Waals surface area contributed by atoms with Crippen molar-refractivity contribution in [3.63, 3.8) is 0 Å². The largest absolute Gasteiger partial charge is 0.493 e. The highest BCUT2D eigenvalue weighted by Gasteiger charge is 2.13. The summed E-state index contributed by atoms with van der Waals surface area (Å²) in [5, 5.41) is 5.36. The number of benzene rings is 3. The second-order valence-electron chi connectivity index (χ2n) is 7.11. The van der Waals surface area contributed by atoms with Crippen molar-refractivity contribution in [2.24, 2.45) is 0 Å². The molecule has 33 heavy (non-hydrogen) atoms. The predicted octanol–water partition coefficient (Wildman–Crippen LogP) is 4.40. The highest BCUT2D eigenvalue weighted by atomic mass is 16.5.